The van der Waals surface area contributed by atoms with Gasteiger partial charge in [0.25, 0.3) is 0 Å². The highest BCUT2D eigenvalue weighted by atomic mass is 16.5. The molecule has 1 atom stereocenters. The Kier molecular flexibility index (Phi) is 3.02. The Bertz CT molecular complexity index is 512. The average molecular weight is 243 g/mol. The van der Waals surface area contributed by atoms with Crippen LogP contribution in [0.25, 0.3) is 5.69 Å². The first-order chi connectivity index (χ1) is 8.86. The first-order valence-corrected chi connectivity index (χ1v) is 6.26. The van der Waals surface area contributed by atoms with Crippen molar-refractivity contribution >= 4 is 0 Å². The van der Waals surface area contributed by atoms with Gasteiger partial charge in [0, 0.05) is 18.7 Å². The van der Waals surface area contributed by atoms with Gasteiger partial charge >= 0.3 is 0 Å². The van der Waals surface area contributed by atoms with Crippen LogP contribution in [0, 0.1) is 0 Å². The fraction of sp³-hybridized carbons (Fsp3) is 0.357. The Labute approximate surface area is 107 Å². The Balaban J connectivity index is 1.82. The maximum absolute atomic E-state index is 5.15. The third-order valence-electron chi connectivity index (χ3n) is 3.47. The Morgan fingerprint density at radius 2 is 2.17 bits per heavy atom. The van der Waals surface area contributed by atoms with Crippen LogP contribution in [0.5, 0.6) is 5.75 Å². The van der Waals surface area contributed by atoms with Crippen LogP contribution in [0.3, 0.4) is 0 Å². The van der Waals surface area contributed by atoms with Gasteiger partial charge in [-0.05, 0) is 42.8 Å². The summed E-state index contributed by atoms with van der Waals surface area (Å²) in [5.74, 6) is 1.48. The summed E-state index contributed by atoms with van der Waals surface area (Å²) in [5, 5.41) is 7.82. The molecule has 18 heavy (non-hydrogen) atoms. The number of hydrogen-bond donors (Lipinski definition) is 1. The first kappa shape index (κ1) is 11.3. The Morgan fingerprint density at radius 3 is 2.83 bits per heavy atom. The number of hydrogen-bond acceptors (Lipinski definition) is 3. The van der Waals surface area contributed by atoms with Gasteiger partial charge in [-0.2, -0.15) is 5.10 Å². The number of aromatic nitrogens is 2. The molecule has 0 saturated carbocycles. The van der Waals surface area contributed by atoms with Crippen LogP contribution < -0.4 is 10.1 Å². The van der Waals surface area contributed by atoms with Crippen molar-refractivity contribution in [2.45, 2.75) is 12.3 Å². The summed E-state index contributed by atoms with van der Waals surface area (Å²) in [6.45, 7) is 2.17. The molecule has 4 heteroatoms. The lowest BCUT2D eigenvalue weighted by atomic mass is 10.0. The highest BCUT2D eigenvalue weighted by molar-refractivity contribution is 5.37. The average Bonchev–Trinajstić information content (AvgIpc) is 3.09. The van der Waals surface area contributed by atoms with Gasteiger partial charge in [-0.15, -0.1) is 0 Å². The third kappa shape index (κ3) is 2.11. The van der Waals surface area contributed by atoms with Crippen molar-refractivity contribution in [2.24, 2.45) is 0 Å². The predicted octanol–water partition coefficient (Wildman–Crippen LogP) is 1.96. The largest absolute Gasteiger partial charge is 0.497 e. The quantitative estimate of drug-likeness (QED) is 0.895. The topological polar surface area (TPSA) is 39.1 Å². The van der Waals surface area contributed by atoms with Gasteiger partial charge < -0.3 is 10.1 Å². The molecule has 1 fully saturated rings. The van der Waals surface area contributed by atoms with Gasteiger partial charge in [0.2, 0.25) is 0 Å². The second kappa shape index (κ2) is 4.82. The van der Waals surface area contributed by atoms with E-state index >= 15 is 0 Å². The normalized spacial score (nSPS) is 19.1. The van der Waals surface area contributed by atoms with Crippen LogP contribution >= 0.6 is 0 Å². The highest BCUT2D eigenvalue weighted by Crippen LogP contribution is 2.23. The fourth-order valence-electron chi connectivity index (χ4n) is 2.36. The molecule has 1 N–H and O–H groups in total. The van der Waals surface area contributed by atoms with Crippen LogP contribution in [0.1, 0.15) is 17.9 Å². The van der Waals surface area contributed by atoms with Crippen molar-refractivity contribution in [1.29, 1.82) is 0 Å². The van der Waals surface area contributed by atoms with E-state index in [1.54, 1.807) is 7.11 Å². The van der Waals surface area contributed by atoms with E-state index in [0.717, 1.165) is 24.5 Å². The summed E-state index contributed by atoms with van der Waals surface area (Å²) in [6.07, 6.45) is 5.30. The molecule has 1 aliphatic rings. The predicted molar refractivity (Wildman–Crippen MR) is 70.3 cm³/mol. The lowest BCUT2D eigenvalue weighted by molar-refractivity contribution is 0.414. The zero-order chi connectivity index (χ0) is 12.4. The molecule has 1 aliphatic heterocycles. The molecule has 0 aliphatic carbocycles. The van der Waals surface area contributed by atoms with Crippen LogP contribution in [-0.2, 0) is 0 Å². The molecule has 0 spiro atoms. The van der Waals surface area contributed by atoms with E-state index in [1.807, 2.05) is 35.1 Å². The van der Waals surface area contributed by atoms with Gasteiger partial charge in [-0.1, -0.05) is 0 Å². The van der Waals surface area contributed by atoms with Crippen molar-refractivity contribution in [3.8, 4) is 11.4 Å². The van der Waals surface area contributed by atoms with Crippen molar-refractivity contribution < 1.29 is 4.74 Å². The summed E-state index contributed by atoms with van der Waals surface area (Å²) in [4.78, 5) is 0. The van der Waals surface area contributed by atoms with Crippen LogP contribution in [0.4, 0.5) is 0 Å². The maximum Gasteiger partial charge on any atom is 0.119 e. The Morgan fingerprint density at radius 1 is 1.33 bits per heavy atom. The maximum atomic E-state index is 5.15. The standard InChI is InChI=1S/C14H17N3O/c1-18-14-4-2-13(3-5-14)17-10-12(9-16-17)11-6-7-15-8-11/h2-5,9-11,15H,6-8H2,1H3. The van der Waals surface area contributed by atoms with E-state index in [-0.39, 0.29) is 0 Å². The lowest BCUT2D eigenvalue weighted by Crippen LogP contribution is -2.07. The van der Waals surface area contributed by atoms with E-state index < -0.39 is 0 Å². The van der Waals surface area contributed by atoms with E-state index in [9.17, 15) is 0 Å². The molecule has 0 radical (unpaired) electrons. The monoisotopic (exact) mass is 243 g/mol. The minimum Gasteiger partial charge on any atom is -0.497 e. The molecule has 4 nitrogen and oxygen atoms in total. The summed E-state index contributed by atoms with van der Waals surface area (Å²) in [6, 6.07) is 7.94. The lowest BCUT2D eigenvalue weighted by Gasteiger charge is -2.04. The summed E-state index contributed by atoms with van der Waals surface area (Å²) in [7, 11) is 1.67. The van der Waals surface area contributed by atoms with E-state index in [4.69, 9.17) is 4.74 Å². The number of nitrogens with zero attached hydrogens (tertiary/aromatic N) is 2. The van der Waals surface area contributed by atoms with Crippen LogP contribution in [0.2, 0.25) is 0 Å². The Hall–Kier alpha value is -1.81. The molecule has 1 saturated heterocycles. The van der Waals surface area contributed by atoms with E-state index in [1.165, 1.54) is 12.0 Å². The van der Waals surface area contributed by atoms with Crippen LogP contribution in [0.15, 0.2) is 36.7 Å². The zero-order valence-corrected chi connectivity index (χ0v) is 10.5. The molecule has 0 bridgehead atoms. The third-order valence-corrected chi connectivity index (χ3v) is 3.47. The molecule has 2 aromatic rings. The molecular formula is C14H17N3O. The minimum absolute atomic E-state index is 0.608. The smallest absolute Gasteiger partial charge is 0.119 e. The molecule has 3 rings (SSSR count). The highest BCUT2D eigenvalue weighted by Gasteiger charge is 2.18. The first-order valence-electron chi connectivity index (χ1n) is 6.26. The van der Waals surface area contributed by atoms with Gasteiger partial charge in [0.15, 0.2) is 0 Å². The molecular weight excluding hydrogens is 226 g/mol. The molecule has 1 aromatic heterocycles. The molecule has 1 unspecified atom stereocenters. The summed E-state index contributed by atoms with van der Waals surface area (Å²) in [5.41, 5.74) is 2.38. The van der Waals surface area contributed by atoms with Gasteiger partial charge in [0.1, 0.15) is 5.75 Å². The summed E-state index contributed by atoms with van der Waals surface area (Å²) < 4.78 is 7.08. The zero-order valence-electron chi connectivity index (χ0n) is 10.5. The van der Waals surface area contributed by atoms with Crippen molar-refractivity contribution in [3.63, 3.8) is 0 Å². The van der Waals surface area contributed by atoms with Gasteiger partial charge in [0.05, 0.1) is 19.0 Å². The fourth-order valence-corrected chi connectivity index (χ4v) is 2.36. The number of nitrogens with one attached hydrogen (secondary N) is 1. The number of benzene rings is 1. The van der Waals surface area contributed by atoms with Gasteiger partial charge in [-0.3, -0.25) is 0 Å². The minimum atomic E-state index is 0.608. The molecule has 94 valence electrons. The van der Waals surface area contributed by atoms with Crippen LogP contribution in [-0.4, -0.2) is 30.0 Å². The van der Waals surface area contributed by atoms with E-state index in [2.05, 4.69) is 16.6 Å². The summed E-state index contributed by atoms with van der Waals surface area (Å²) >= 11 is 0. The van der Waals surface area contributed by atoms with E-state index in [0.29, 0.717) is 5.92 Å². The number of rotatable bonds is 3. The molecule has 1 aromatic carbocycles. The number of methoxy groups -OCH3 is 1. The van der Waals surface area contributed by atoms with Gasteiger partial charge in [-0.25, -0.2) is 4.68 Å². The second-order valence-corrected chi connectivity index (χ2v) is 4.61. The molecule has 0 amide bonds. The SMILES string of the molecule is COc1ccc(-n2cc(C3CCNC3)cn2)cc1. The van der Waals surface area contributed by atoms with Crippen molar-refractivity contribution in [2.75, 3.05) is 20.2 Å². The van der Waals surface area contributed by atoms with Crippen molar-refractivity contribution in [3.05, 3.63) is 42.2 Å². The second-order valence-electron chi connectivity index (χ2n) is 4.61. The number of ether oxygens (including phenoxy) is 1. The van der Waals surface area contributed by atoms with Crippen molar-refractivity contribution in [1.82, 2.24) is 15.1 Å². The molecule has 2 heterocycles.